The monoisotopic (exact) mass is 312 g/mol. The van der Waals surface area contributed by atoms with E-state index in [-0.39, 0.29) is 11.6 Å². The Morgan fingerprint density at radius 1 is 1.09 bits per heavy atom. The molecule has 2 N–H and O–H groups in total. The van der Waals surface area contributed by atoms with E-state index in [0.29, 0.717) is 5.11 Å². The van der Waals surface area contributed by atoms with Crippen molar-refractivity contribution < 1.29 is 4.74 Å². The van der Waals surface area contributed by atoms with Gasteiger partial charge in [-0.25, -0.2) is 0 Å². The van der Waals surface area contributed by atoms with E-state index >= 15 is 0 Å². The maximum absolute atomic E-state index is 6.05. The van der Waals surface area contributed by atoms with Crippen LogP contribution in [-0.2, 0) is 0 Å². The van der Waals surface area contributed by atoms with Crippen molar-refractivity contribution in [3.8, 4) is 5.75 Å². The number of hydrogen-bond donors (Lipinski definition) is 2. The summed E-state index contributed by atoms with van der Waals surface area (Å²) in [7, 11) is 0. The first kappa shape index (κ1) is 14.9. The van der Waals surface area contributed by atoms with Crippen LogP contribution in [0.25, 0.3) is 0 Å². The number of ether oxygens (including phenoxy) is 1. The first-order chi connectivity index (χ1) is 10.5. The van der Waals surface area contributed by atoms with Gasteiger partial charge in [-0.3, -0.25) is 0 Å². The molecule has 1 atom stereocenters. The number of fused-ring (bicyclic) bond motifs is 1. The van der Waals surface area contributed by atoms with Gasteiger partial charge in [0.1, 0.15) is 11.4 Å². The van der Waals surface area contributed by atoms with Crippen LogP contribution in [0.5, 0.6) is 5.75 Å². The molecule has 22 heavy (non-hydrogen) atoms. The second kappa shape index (κ2) is 5.97. The number of benzene rings is 2. The zero-order valence-corrected chi connectivity index (χ0v) is 13.6. The lowest BCUT2D eigenvalue weighted by atomic mass is 9.90. The van der Waals surface area contributed by atoms with E-state index in [1.165, 1.54) is 0 Å². The summed E-state index contributed by atoms with van der Waals surface area (Å²) in [6, 6.07) is 18.2. The molecule has 0 aromatic heterocycles. The van der Waals surface area contributed by atoms with E-state index < -0.39 is 0 Å². The topological polar surface area (TPSA) is 33.3 Å². The third-order valence-electron chi connectivity index (χ3n) is 3.71. The summed E-state index contributed by atoms with van der Waals surface area (Å²) >= 11 is 5.46. The number of rotatable bonds is 2. The SMILES string of the molecule is CC1(C)C[C@H](NC(=S)Nc2ccccc2)c2ccccc2O1. The molecule has 1 heterocycles. The number of hydrogen-bond acceptors (Lipinski definition) is 2. The molecule has 0 aliphatic carbocycles. The standard InChI is InChI=1S/C18H20N2OS/c1-18(2)12-15(14-10-6-7-11-16(14)21-18)20-17(22)19-13-8-4-3-5-9-13/h3-11,15H,12H2,1-2H3,(H2,19,20,22)/t15-/m0/s1. The van der Waals surface area contributed by atoms with E-state index in [4.69, 9.17) is 17.0 Å². The first-order valence-electron chi connectivity index (χ1n) is 7.44. The lowest BCUT2D eigenvalue weighted by molar-refractivity contribution is 0.0697. The highest BCUT2D eigenvalue weighted by Crippen LogP contribution is 2.39. The largest absolute Gasteiger partial charge is 0.487 e. The summed E-state index contributed by atoms with van der Waals surface area (Å²) in [5.41, 5.74) is 1.92. The Labute approximate surface area is 136 Å². The van der Waals surface area contributed by atoms with E-state index in [9.17, 15) is 0 Å². The lowest BCUT2D eigenvalue weighted by Crippen LogP contribution is -2.42. The summed E-state index contributed by atoms with van der Waals surface area (Å²) < 4.78 is 6.05. The Morgan fingerprint density at radius 2 is 1.77 bits per heavy atom. The predicted octanol–water partition coefficient (Wildman–Crippen LogP) is 4.28. The van der Waals surface area contributed by atoms with Gasteiger partial charge >= 0.3 is 0 Å². The molecule has 0 bridgehead atoms. The fourth-order valence-corrected chi connectivity index (χ4v) is 3.04. The molecule has 1 aliphatic heterocycles. The van der Waals surface area contributed by atoms with Crippen molar-refractivity contribution in [3.05, 3.63) is 60.2 Å². The highest BCUT2D eigenvalue weighted by molar-refractivity contribution is 7.80. The fourth-order valence-electron chi connectivity index (χ4n) is 2.78. The Kier molecular flexibility index (Phi) is 4.03. The van der Waals surface area contributed by atoms with Gasteiger partial charge in [0.15, 0.2) is 5.11 Å². The average molecular weight is 312 g/mol. The predicted molar refractivity (Wildman–Crippen MR) is 94.3 cm³/mol. The maximum atomic E-state index is 6.05. The highest BCUT2D eigenvalue weighted by Gasteiger charge is 2.33. The van der Waals surface area contributed by atoms with Crippen LogP contribution < -0.4 is 15.4 Å². The van der Waals surface area contributed by atoms with Crippen molar-refractivity contribution in [1.82, 2.24) is 5.32 Å². The highest BCUT2D eigenvalue weighted by atomic mass is 32.1. The summed E-state index contributed by atoms with van der Waals surface area (Å²) in [6.07, 6.45) is 0.862. The smallest absolute Gasteiger partial charge is 0.171 e. The number of thiocarbonyl (C=S) groups is 1. The summed E-state index contributed by atoms with van der Waals surface area (Å²) in [4.78, 5) is 0. The quantitative estimate of drug-likeness (QED) is 0.811. The summed E-state index contributed by atoms with van der Waals surface area (Å²) in [5, 5.41) is 7.27. The number of para-hydroxylation sites is 2. The Hall–Kier alpha value is -2.07. The molecule has 2 aromatic rings. The summed E-state index contributed by atoms with van der Waals surface area (Å²) in [5.74, 6) is 0.929. The molecule has 0 amide bonds. The molecule has 0 spiro atoms. The van der Waals surface area contributed by atoms with E-state index in [0.717, 1.165) is 23.4 Å². The number of nitrogens with one attached hydrogen (secondary N) is 2. The second-order valence-corrected chi connectivity index (χ2v) is 6.53. The van der Waals surface area contributed by atoms with Crippen molar-refractivity contribution in [2.24, 2.45) is 0 Å². The maximum Gasteiger partial charge on any atom is 0.171 e. The molecule has 0 saturated heterocycles. The van der Waals surface area contributed by atoms with Gasteiger partial charge in [-0.2, -0.15) is 0 Å². The van der Waals surface area contributed by atoms with Crippen LogP contribution in [0.4, 0.5) is 5.69 Å². The van der Waals surface area contributed by atoms with Crippen molar-refractivity contribution in [1.29, 1.82) is 0 Å². The van der Waals surface area contributed by atoms with Gasteiger partial charge in [-0.05, 0) is 44.3 Å². The minimum atomic E-state index is -0.214. The lowest BCUT2D eigenvalue weighted by Gasteiger charge is -2.38. The van der Waals surface area contributed by atoms with Crippen molar-refractivity contribution in [2.45, 2.75) is 31.9 Å². The van der Waals surface area contributed by atoms with Crippen LogP contribution in [0.1, 0.15) is 31.9 Å². The third kappa shape index (κ3) is 3.39. The minimum Gasteiger partial charge on any atom is -0.487 e. The molecular formula is C18H20N2OS. The normalized spacial score (nSPS) is 18.7. The zero-order valence-electron chi connectivity index (χ0n) is 12.8. The van der Waals surface area contributed by atoms with Crippen LogP contribution in [0.15, 0.2) is 54.6 Å². The number of anilines is 1. The average Bonchev–Trinajstić information content (AvgIpc) is 2.47. The van der Waals surface area contributed by atoms with Crippen LogP contribution in [-0.4, -0.2) is 10.7 Å². The van der Waals surface area contributed by atoms with Gasteiger partial charge in [0, 0.05) is 17.7 Å². The molecule has 1 aliphatic rings. The second-order valence-electron chi connectivity index (χ2n) is 6.12. The van der Waals surface area contributed by atoms with E-state index in [1.807, 2.05) is 48.5 Å². The van der Waals surface area contributed by atoms with Gasteiger partial charge < -0.3 is 15.4 Å². The molecule has 3 rings (SSSR count). The molecule has 0 saturated carbocycles. The molecule has 4 heteroatoms. The van der Waals surface area contributed by atoms with Gasteiger partial charge in [-0.15, -0.1) is 0 Å². The van der Waals surface area contributed by atoms with Crippen molar-refractivity contribution >= 4 is 23.0 Å². The summed E-state index contributed by atoms with van der Waals surface area (Å²) in [6.45, 7) is 4.20. The van der Waals surface area contributed by atoms with Gasteiger partial charge in [-0.1, -0.05) is 36.4 Å². The van der Waals surface area contributed by atoms with Gasteiger partial charge in [0.05, 0.1) is 6.04 Å². The van der Waals surface area contributed by atoms with Crippen molar-refractivity contribution in [2.75, 3.05) is 5.32 Å². The Balaban J connectivity index is 1.75. The van der Waals surface area contributed by atoms with Crippen LogP contribution in [0.3, 0.4) is 0 Å². The van der Waals surface area contributed by atoms with E-state index in [1.54, 1.807) is 0 Å². The third-order valence-corrected chi connectivity index (χ3v) is 3.93. The fraction of sp³-hybridized carbons (Fsp3) is 0.278. The molecule has 114 valence electrons. The molecular weight excluding hydrogens is 292 g/mol. The van der Waals surface area contributed by atoms with E-state index in [2.05, 4.69) is 30.5 Å². The van der Waals surface area contributed by atoms with Crippen LogP contribution in [0, 0.1) is 0 Å². The molecule has 3 nitrogen and oxygen atoms in total. The first-order valence-corrected chi connectivity index (χ1v) is 7.85. The molecule has 2 aromatic carbocycles. The van der Waals surface area contributed by atoms with Crippen LogP contribution >= 0.6 is 12.2 Å². The van der Waals surface area contributed by atoms with Crippen molar-refractivity contribution in [3.63, 3.8) is 0 Å². The minimum absolute atomic E-state index is 0.142. The Bertz CT molecular complexity index is 670. The molecule has 0 unspecified atom stereocenters. The van der Waals surface area contributed by atoms with Gasteiger partial charge in [0.25, 0.3) is 0 Å². The molecule has 0 radical (unpaired) electrons. The Morgan fingerprint density at radius 3 is 2.55 bits per heavy atom. The zero-order chi connectivity index (χ0) is 15.6. The molecule has 0 fully saturated rings. The van der Waals surface area contributed by atoms with Gasteiger partial charge in [0.2, 0.25) is 0 Å². The van der Waals surface area contributed by atoms with Crippen LogP contribution in [0.2, 0.25) is 0 Å².